The summed E-state index contributed by atoms with van der Waals surface area (Å²) >= 11 is 0. The lowest BCUT2D eigenvalue weighted by Gasteiger charge is -2.36. The predicted molar refractivity (Wildman–Crippen MR) is 162 cm³/mol. The highest BCUT2D eigenvalue weighted by molar-refractivity contribution is 6.24. The quantitative estimate of drug-likeness (QED) is 0.242. The summed E-state index contributed by atoms with van der Waals surface area (Å²) in [6, 6.07) is 27.3. The first-order valence-corrected chi connectivity index (χ1v) is 14.4. The molecule has 0 aliphatic carbocycles. The van der Waals surface area contributed by atoms with Crippen LogP contribution in [0.3, 0.4) is 0 Å². The molecule has 2 aliphatic heterocycles. The summed E-state index contributed by atoms with van der Waals surface area (Å²) in [6.45, 7) is 2.20. The van der Waals surface area contributed by atoms with Gasteiger partial charge in [0, 0.05) is 29.6 Å². The smallest absolute Gasteiger partial charge is 0.332 e. The first kappa shape index (κ1) is 26.6. The van der Waals surface area contributed by atoms with Crippen LogP contribution in [0.2, 0.25) is 0 Å². The van der Waals surface area contributed by atoms with Crippen molar-refractivity contribution in [2.24, 2.45) is 0 Å². The van der Waals surface area contributed by atoms with Crippen LogP contribution in [0.15, 0.2) is 97.1 Å². The molecule has 1 fully saturated rings. The molecular weight excluding hydrogens is 543 g/mol. The van der Waals surface area contributed by atoms with E-state index in [0.717, 1.165) is 38.2 Å². The van der Waals surface area contributed by atoms with Crippen molar-refractivity contribution in [3.63, 3.8) is 0 Å². The second kappa shape index (κ2) is 10.5. The maximum Gasteiger partial charge on any atom is 0.332 e. The fourth-order valence-corrected chi connectivity index (χ4v) is 6.36. The monoisotopic (exact) mass is 572 g/mol. The van der Waals surface area contributed by atoms with Crippen molar-refractivity contribution in [2.75, 3.05) is 11.4 Å². The molecule has 0 saturated carbocycles. The number of benzene rings is 4. The number of para-hydroxylation sites is 2. The zero-order chi connectivity index (χ0) is 29.7. The number of hydrogen-bond acceptors (Lipinski definition) is 3. The average molecular weight is 573 g/mol. The molecule has 3 heterocycles. The third-order valence-corrected chi connectivity index (χ3v) is 8.47. The second-order valence-corrected chi connectivity index (χ2v) is 11.1. The molecule has 0 radical (unpaired) electrons. The zero-order valence-corrected chi connectivity index (χ0v) is 23.5. The van der Waals surface area contributed by atoms with Crippen LogP contribution in [0.1, 0.15) is 44.3 Å². The summed E-state index contributed by atoms with van der Waals surface area (Å²) in [5.41, 5.74) is 5.78. The SMILES string of the molecule is Cc1ccc(C2c3[nH]c4ccccc4c3CC3C(=O)N(c4ccccc4C(=O)NCCc4ccccc4F)C(=O)N32)cc1. The van der Waals surface area contributed by atoms with Crippen LogP contribution < -0.4 is 10.2 Å². The maximum atomic E-state index is 14.3. The maximum absolute atomic E-state index is 14.3. The number of amides is 4. The fourth-order valence-electron chi connectivity index (χ4n) is 6.36. The van der Waals surface area contributed by atoms with E-state index < -0.39 is 24.0 Å². The van der Waals surface area contributed by atoms with E-state index in [-0.39, 0.29) is 29.5 Å². The van der Waals surface area contributed by atoms with E-state index in [1.165, 1.54) is 6.07 Å². The molecule has 0 bridgehead atoms. The molecule has 8 heteroatoms. The number of carbonyl (C=O) groups is 3. The number of fused-ring (bicyclic) bond motifs is 4. The lowest BCUT2D eigenvalue weighted by atomic mass is 9.88. The number of urea groups is 1. The molecule has 2 aliphatic rings. The summed E-state index contributed by atoms with van der Waals surface area (Å²) in [7, 11) is 0. The minimum absolute atomic E-state index is 0.196. The van der Waals surface area contributed by atoms with Gasteiger partial charge < -0.3 is 10.3 Å². The van der Waals surface area contributed by atoms with Gasteiger partial charge in [-0.1, -0.05) is 78.4 Å². The van der Waals surface area contributed by atoms with Gasteiger partial charge in [0.05, 0.1) is 11.3 Å². The van der Waals surface area contributed by atoms with E-state index in [1.807, 2.05) is 55.5 Å². The summed E-state index contributed by atoms with van der Waals surface area (Å²) in [6.07, 6.45) is 0.668. The molecule has 43 heavy (non-hydrogen) atoms. The Balaban J connectivity index is 1.24. The third-order valence-electron chi connectivity index (χ3n) is 8.47. The van der Waals surface area contributed by atoms with Gasteiger partial charge in [0.15, 0.2) is 0 Å². The Labute approximate surface area is 247 Å². The van der Waals surface area contributed by atoms with Crippen molar-refractivity contribution < 1.29 is 18.8 Å². The van der Waals surface area contributed by atoms with Crippen LogP contribution in [0, 0.1) is 12.7 Å². The molecule has 7 rings (SSSR count). The largest absolute Gasteiger partial charge is 0.356 e. The second-order valence-electron chi connectivity index (χ2n) is 11.1. The number of hydrogen-bond donors (Lipinski definition) is 2. The van der Waals surface area contributed by atoms with E-state index in [1.54, 1.807) is 47.4 Å². The number of anilines is 1. The van der Waals surface area contributed by atoms with Crippen LogP contribution in [0.5, 0.6) is 0 Å². The van der Waals surface area contributed by atoms with Crippen LogP contribution in [0.4, 0.5) is 14.9 Å². The number of aromatic nitrogens is 1. The highest BCUT2D eigenvalue weighted by Crippen LogP contribution is 2.45. The van der Waals surface area contributed by atoms with E-state index in [2.05, 4.69) is 10.3 Å². The number of H-pyrrole nitrogens is 1. The summed E-state index contributed by atoms with van der Waals surface area (Å²) in [5.74, 6) is -1.14. The van der Waals surface area contributed by atoms with E-state index in [0.29, 0.717) is 18.4 Å². The highest BCUT2D eigenvalue weighted by Gasteiger charge is 2.53. The van der Waals surface area contributed by atoms with E-state index in [9.17, 15) is 18.8 Å². The summed E-state index contributed by atoms with van der Waals surface area (Å²) in [5, 5.41) is 3.86. The van der Waals surface area contributed by atoms with Gasteiger partial charge in [-0.15, -0.1) is 0 Å². The molecule has 4 amide bonds. The van der Waals surface area contributed by atoms with Crippen molar-refractivity contribution >= 4 is 34.4 Å². The Morgan fingerprint density at radius 3 is 2.47 bits per heavy atom. The third kappa shape index (κ3) is 4.46. The highest BCUT2D eigenvalue weighted by atomic mass is 19.1. The molecule has 2 unspecified atom stereocenters. The van der Waals surface area contributed by atoms with Crippen molar-refractivity contribution in [2.45, 2.75) is 31.8 Å². The van der Waals surface area contributed by atoms with Crippen LogP contribution in [-0.2, 0) is 17.6 Å². The van der Waals surface area contributed by atoms with Gasteiger partial charge in [-0.25, -0.2) is 14.1 Å². The van der Waals surface area contributed by atoms with Gasteiger partial charge >= 0.3 is 6.03 Å². The molecule has 1 saturated heterocycles. The van der Waals surface area contributed by atoms with Crippen LogP contribution >= 0.6 is 0 Å². The number of aromatic amines is 1. The van der Waals surface area contributed by atoms with Gasteiger partial charge in [-0.05, 0) is 54.3 Å². The lowest BCUT2D eigenvalue weighted by molar-refractivity contribution is -0.120. The van der Waals surface area contributed by atoms with Crippen LogP contribution in [-0.4, -0.2) is 40.3 Å². The Kier molecular flexibility index (Phi) is 6.54. The minimum Gasteiger partial charge on any atom is -0.356 e. The molecule has 2 N–H and O–H groups in total. The standard InChI is InChI=1S/C35H29FN4O3/c1-21-14-16-23(17-15-21)32-31-26(24-9-3-6-12-28(24)38-31)20-30-34(42)40(35(43)39(30)32)29-13-7-4-10-25(29)33(41)37-19-18-22-8-2-5-11-27(22)36/h2-17,30,32,38H,18-20H2,1H3,(H,37,41). The van der Waals surface area contributed by atoms with Crippen molar-refractivity contribution in [1.82, 2.24) is 15.2 Å². The number of halogens is 1. The first-order chi connectivity index (χ1) is 20.9. The number of rotatable bonds is 6. The van der Waals surface area contributed by atoms with Gasteiger partial charge in [0.25, 0.3) is 11.8 Å². The lowest BCUT2D eigenvalue weighted by Crippen LogP contribution is -2.44. The number of aryl methyl sites for hydroxylation is 1. The average Bonchev–Trinajstić information content (AvgIpc) is 3.51. The van der Waals surface area contributed by atoms with E-state index >= 15 is 0 Å². The Hall–Kier alpha value is -5.24. The van der Waals surface area contributed by atoms with Crippen molar-refractivity contribution in [3.05, 3.63) is 136 Å². The molecule has 7 nitrogen and oxygen atoms in total. The summed E-state index contributed by atoms with van der Waals surface area (Å²) < 4.78 is 14.1. The molecule has 214 valence electrons. The van der Waals surface area contributed by atoms with Gasteiger partial charge in [-0.2, -0.15) is 0 Å². The summed E-state index contributed by atoms with van der Waals surface area (Å²) in [4.78, 5) is 48.1. The van der Waals surface area contributed by atoms with Gasteiger partial charge in [0.2, 0.25) is 0 Å². The fraction of sp³-hybridized carbons (Fsp3) is 0.171. The molecule has 0 spiro atoms. The minimum atomic E-state index is -0.734. The normalized spacial score (nSPS) is 17.7. The molecule has 1 aromatic heterocycles. The van der Waals surface area contributed by atoms with Crippen molar-refractivity contribution in [1.29, 1.82) is 0 Å². The number of nitrogens with zero attached hydrogens (tertiary/aromatic N) is 2. The first-order valence-electron chi connectivity index (χ1n) is 14.4. The Morgan fingerprint density at radius 1 is 0.930 bits per heavy atom. The van der Waals surface area contributed by atoms with Gasteiger partial charge in [-0.3, -0.25) is 14.5 Å². The van der Waals surface area contributed by atoms with E-state index in [4.69, 9.17) is 0 Å². The number of carbonyl (C=O) groups excluding carboxylic acids is 3. The number of imide groups is 1. The van der Waals surface area contributed by atoms with Gasteiger partial charge in [0.1, 0.15) is 17.9 Å². The number of nitrogens with one attached hydrogen (secondary N) is 2. The van der Waals surface area contributed by atoms with Crippen molar-refractivity contribution in [3.8, 4) is 0 Å². The molecular formula is C35H29FN4O3. The predicted octanol–water partition coefficient (Wildman–Crippen LogP) is 6.07. The molecule has 2 atom stereocenters. The Morgan fingerprint density at radius 2 is 1.65 bits per heavy atom. The molecule has 4 aromatic carbocycles. The Bertz CT molecular complexity index is 1900. The molecule has 5 aromatic rings. The zero-order valence-electron chi connectivity index (χ0n) is 23.5. The van der Waals surface area contributed by atoms with Crippen LogP contribution in [0.25, 0.3) is 10.9 Å². The topological polar surface area (TPSA) is 85.5 Å².